The Labute approximate surface area is 169 Å². The zero-order valence-electron chi connectivity index (χ0n) is 16.5. The van der Waals surface area contributed by atoms with Gasteiger partial charge in [-0.3, -0.25) is 0 Å². The Hall–Kier alpha value is -3.02. The lowest BCUT2D eigenvalue weighted by molar-refractivity contribution is -0.139. The van der Waals surface area contributed by atoms with Crippen molar-refractivity contribution >= 4 is 5.97 Å². The molecule has 0 saturated carbocycles. The fourth-order valence-electron chi connectivity index (χ4n) is 3.32. The Balaban J connectivity index is 1.85. The van der Waals surface area contributed by atoms with E-state index in [1.54, 1.807) is 32.0 Å². The lowest BCUT2D eigenvalue weighted by atomic mass is 9.83. The Kier molecular flexibility index (Phi) is 6.75. The highest BCUT2D eigenvalue weighted by atomic mass is 16.7. The fourth-order valence-corrected chi connectivity index (χ4v) is 3.32. The van der Waals surface area contributed by atoms with E-state index in [-0.39, 0.29) is 29.9 Å². The van der Waals surface area contributed by atoms with Crippen LogP contribution in [0.4, 0.5) is 0 Å². The molecule has 1 saturated heterocycles. The molecular weight excluding hydrogens is 376 g/mol. The number of allylic oxidation sites excluding steroid dienone is 2. The van der Waals surface area contributed by atoms with Gasteiger partial charge >= 0.3 is 5.97 Å². The molecule has 1 unspecified atom stereocenters. The average Bonchev–Trinajstić information content (AvgIpc) is 3.21. The highest BCUT2D eigenvalue weighted by Crippen LogP contribution is 2.40. The van der Waals surface area contributed by atoms with Crippen LogP contribution in [0.15, 0.2) is 47.1 Å². The second-order valence-corrected chi connectivity index (χ2v) is 6.50. The molecule has 154 valence electrons. The summed E-state index contributed by atoms with van der Waals surface area (Å²) in [6.45, 7) is 5.15. The maximum absolute atomic E-state index is 12.6. The standard InChI is InChI=1S/C21H24N2O6/c1-3-25-21(24)18-13(2)29-20(23)16(12-22)19(18)14-5-4-6-15(11-14)26-8-7-17-27-9-10-28-17/h4-6,11,17,19H,3,7-10,23H2,1-2H3. The quantitative estimate of drug-likeness (QED) is 0.695. The van der Waals surface area contributed by atoms with Gasteiger partial charge in [-0.2, -0.15) is 5.26 Å². The third kappa shape index (κ3) is 4.70. The zero-order valence-corrected chi connectivity index (χ0v) is 16.5. The van der Waals surface area contributed by atoms with Gasteiger partial charge in [0, 0.05) is 6.42 Å². The smallest absolute Gasteiger partial charge is 0.338 e. The van der Waals surface area contributed by atoms with Crippen molar-refractivity contribution in [2.45, 2.75) is 32.5 Å². The highest BCUT2D eigenvalue weighted by molar-refractivity contribution is 5.92. The van der Waals surface area contributed by atoms with E-state index >= 15 is 0 Å². The van der Waals surface area contributed by atoms with Gasteiger partial charge < -0.3 is 29.4 Å². The lowest BCUT2D eigenvalue weighted by Gasteiger charge is -2.27. The van der Waals surface area contributed by atoms with E-state index in [0.717, 1.165) is 0 Å². The number of carbonyl (C=O) groups excluding carboxylic acids is 1. The van der Waals surface area contributed by atoms with Gasteiger partial charge in [-0.05, 0) is 31.5 Å². The van der Waals surface area contributed by atoms with Gasteiger partial charge in [0.2, 0.25) is 5.88 Å². The Morgan fingerprint density at radius 2 is 2.10 bits per heavy atom. The van der Waals surface area contributed by atoms with E-state index in [1.165, 1.54) is 0 Å². The van der Waals surface area contributed by atoms with Crippen LogP contribution in [0.2, 0.25) is 0 Å². The zero-order chi connectivity index (χ0) is 20.8. The molecule has 2 heterocycles. The molecule has 0 bridgehead atoms. The topological polar surface area (TPSA) is 113 Å². The number of esters is 1. The molecule has 0 spiro atoms. The first-order valence-electron chi connectivity index (χ1n) is 9.46. The van der Waals surface area contributed by atoms with Crippen molar-refractivity contribution in [1.82, 2.24) is 0 Å². The molecule has 0 radical (unpaired) electrons. The predicted octanol–water partition coefficient (Wildman–Crippen LogP) is 2.47. The van der Waals surface area contributed by atoms with E-state index < -0.39 is 11.9 Å². The molecule has 8 heteroatoms. The Bertz CT molecular complexity index is 864. The molecule has 2 aliphatic heterocycles. The van der Waals surface area contributed by atoms with Crippen LogP contribution < -0.4 is 10.5 Å². The van der Waals surface area contributed by atoms with Gasteiger partial charge in [0.05, 0.1) is 37.9 Å². The van der Waals surface area contributed by atoms with Crippen molar-refractivity contribution in [3.8, 4) is 11.8 Å². The summed E-state index contributed by atoms with van der Waals surface area (Å²) in [5.41, 5.74) is 7.01. The molecule has 1 aromatic carbocycles. The second kappa shape index (κ2) is 9.45. The third-order valence-electron chi connectivity index (χ3n) is 4.61. The van der Waals surface area contributed by atoms with E-state index in [4.69, 9.17) is 29.4 Å². The van der Waals surface area contributed by atoms with Crippen molar-refractivity contribution in [2.75, 3.05) is 26.4 Å². The van der Waals surface area contributed by atoms with Crippen LogP contribution in [0, 0.1) is 11.3 Å². The summed E-state index contributed by atoms with van der Waals surface area (Å²) < 4.78 is 27.2. The number of ether oxygens (including phenoxy) is 5. The van der Waals surface area contributed by atoms with Gasteiger partial charge in [0.1, 0.15) is 23.2 Å². The van der Waals surface area contributed by atoms with Crippen LogP contribution in [-0.4, -0.2) is 38.7 Å². The van der Waals surface area contributed by atoms with Crippen molar-refractivity contribution in [3.63, 3.8) is 0 Å². The highest BCUT2D eigenvalue weighted by Gasteiger charge is 2.36. The van der Waals surface area contributed by atoms with Crippen LogP contribution >= 0.6 is 0 Å². The van der Waals surface area contributed by atoms with Crippen molar-refractivity contribution in [2.24, 2.45) is 5.73 Å². The first-order chi connectivity index (χ1) is 14.0. The summed E-state index contributed by atoms with van der Waals surface area (Å²) in [6.07, 6.45) is 0.354. The molecule has 0 aliphatic carbocycles. The number of nitrogens with zero attached hydrogens (tertiary/aromatic N) is 1. The number of rotatable bonds is 7. The molecule has 0 aromatic heterocycles. The molecule has 0 amide bonds. The maximum Gasteiger partial charge on any atom is 0.338 e. The van der Waals surface area contributed by atoms with E-state index in [2.05, 4.69) is 6.07 Å². The number of hydrogen-bond donors (Lipinski definition) is 1. The summed E-state index contributed by atoms with van der Waals surface area (Å²) in [5, 5.41) is 9.64. The van der Waals surface area contributed by atoms with Crippen LogP contribution in [0.3, 0.4) is 0 Å². The second-order valence-electron chi connectivity index (χ2n) is 6.50. The number of hydrogen-bond acceptors (Lipinski definition) is 8. The molecule has 8 nitrogen and oxygen atoms in total. The number of nitrogens with two attached hydrogens (primary N) is 1. The monoisotopic (exact) mass is 400 g/mol. The van der Waals surface area contributed by atoms with Crippen LogP contribution in [0.25, 0.3) is 0 Å². The van der Waals surface area contributed by atoms with Crippen LogP contribution in [0.1, 0.15) is 31.7 Å². The molecule has 1 fully saturated rings. The molecular formula is C21H24N2O6. The molecule has 3 rings (SSSR count). The maximum atomic E-state index is 12.6. The number of carbonyl (C=O) groups is 1. The minimum absolute atomic E-state index is 0.0232. The van der Waals surface area contributed by atoms with Gasteiger partial charge in [0.25, 0.3) is 0 Å². The summed E-state index contributed by atoms with van der Waals surface area (Å²) in [6, 6.07) is 9.26. The molecule has 1 atom stereocenters. The predicted molar refractivity (Wildman–Crippen MR) is 102 cm³/mol. The largest absolute Gasteiger partial charge is 0.493 e. The minimum atomic E-state index is -0.696. The minimum Gasteiger partial charge on any atom is -0.493 e. The summed E-state index contributed by atoms with van der Waals surface area (Å²) in [5.74, 6) is -0.352. The van der Waals surface area contributed by atoms with E-state index in [1.807, 2.05) is 6.07 Å². The molecule has 2 aliphatic rings. The van der Waals surface area contributed by atoms with Gasteiger partial charge in [0.15, 0.2) is 6.29 Å². The number of nitriles is 1. The van der Waals surface area contributed by atoms with Crippen molar-refractivity contribution < 1.29 is 28.5 Å². The average molecular weight is 400 g/mol. The number of benzene rings is 1. The SMILES string of the molecule is CCOC(=O)C1=C(C)OC(N)=C(C#N)C1c1cccc(OCCC2OCCO2)c1. The third-order valence-corrected chi connectivity index (χ3v) is 4.61. The van der Waals surface area contributed by atoms with E-state index in [9.17, 15) is 10.1 Å². The van der Waals surface area contributed by atoms with E-state index in [0.29, 0.717) is 43.3 Å². The van der Waals surface area contributed by atoms with Gasteiger partial charge in [-0.15, -0.1) is 0 Å². The van der Waals surface area contributed by atoms with Gasteiger partial charge in [-0.25, -0.2) is 4.79 Å². The first-order valence-corrected chi connectivity index (χ1v) is 9.46. The molecule has 29 heavy (non-hydrogen) atoms. The fraction of sp³-hybridized carbons (Fsp3) is 0.429. The molecule has 1 aromatic rings. The Morgan fingerprint density at radius 3 is 2.79 bits per heavy atom. The molecule has 2 N–H and O–H groups in total. The van der Waals surface area contributed by atoms with Gasteiger partial charge in [-0.1, -0.05) is 12.1 Å². The van der Waals surface area contributed by atoms with Crippen LogP contribution in [0.5, 0.6) is 5.75 Å². The first kappa shape index (κ1) is 20.7. The van der Waals surface area contributed by atoms with Crippen molar-refractivity contribution in [1.29, 1.82) is 5.26 Å². The summed E-state index contributed by atoms with van der Waals surface area (Å²) >= 11 is 0. The lowest BCUT2D eigenvalue weighted by Crippen LogP contribution is -2.25. The normalized spacial score (nSPS) is 19.7. The Morgan fingerprint density at radius 1 is 1.34 bits per heavy atom. The summed E-state index contributed by atoms with van der Waals surface area (Å²) in [4.78, 5) is 12.6. The van der Waals surface area contributed by atoms with Crippen LogP contribution in [-0.2, 0) is 23.7 Å². The summed E-state index contributed by atoms with van der Waals surface area (Å²) in [7, 11) is 0. The van der Waals surface area contributed by atoms with Crippen molar-refractivity contribution in [3.05, 3.63) is 52.6 Å².